The summed E-state index contributed by atoms with van der Waals surface area (Å²) in [6, 6.07) is 16.8. The molecule has 3 aliphatic rings. The normalized spacial score (nSPS) is 23.3. The lowest BCUT2D eigenvalue weighted by molar-refractivity contribution is -0.144. The van der Waals surface area contributed by atoms with Crippen LogP contribution in [0.15, 0.2) is 60.1 Å². The monoisotopic (exact) mass is 653 g/mol. The molecule has 1 saturated heterocycles. The number of aryl methyl sites for hydroxylation is 1. The van der Waals surface area contributed by atoms with Gasteiger partial charge < -0.3 is 15.3 Å². The number of carbonyl (C=O) groups is 2. The van der Waals surface area contributed by atoms with Crippen molar-refractivity contribution in [3.8, 4) is 10.4 Å². The van der Waals surface area contributed by atoms with E-state index in [0.717, 1.165) is 52.5 Å². The van der Waals surface area contributed by atoms with Crippen LogP contribution in [0.3, 0.4) is 0 Å². The third kappa shape index (κ3) is 6.36. The van der Waals surface area contributed by atoms with Crippen LogP contribution < -0.4 is 5.32 Å². The van der Waals surface area contributed by atoms with Crippen LogP contribution >= 0.6 is 11.3 Å². The molecule has 2 amide bonds. The van der Waals surface area contributed by atoms with E-state index in [9.17, 15) is 14.7 Å². The zero-order valence-electron chi connectivity index (χ0n) is 27.5. The van der Waals surface area contributed by atoms with Gasteiger partial charge in [0.25, 0.3) is 0 Å². The van der Waals surface area contributed by atoms with E-state index < -0.39 is 23.6 Å². The molecule has 1 saturated carbocycles. The predicted molar refractivity (Wildman–Crippen MR) is 180 cm³/mol. The topological polar surface area (TPSA) is 116 Å². The summed E-state index contributed by atoms with van der Waals surface area (Å²) in [4.78, 5) is 38.0. The second-order valence-electron chi connectivity index (χ2n) is 14.2. The number of aliphatic hydroxyl groups is 1. The summed E-state index contributed by atoms with van der Waals surface area (Å²) >= 11 is 1.61. The Labute approximate surface area is 279 Å². The van der Waals surface area contributed by atoms with Gasteiger partial charge in [-0.05, 0) is 43.4 Å². The lowest BCUT2D eigenvalue weighted by Gasteiger charge is -2.37. The number of hydrogen-bond acceptors (Lipinski definition) is 8. The average Bonchev–Trinajstić information content (AvgIpc) is 3.51. The van der Waals surface area contributed by atoms with Crippen molar-refractivity contribution in [2.24, 2.45) is 5.41 Å². The third-order valence-corrected chi connectivity index (χ3v) is 10.9. The molecule has 2 aromatic carbocycles. The van der Waals surface area contributed by atoms with Crippen molar-refractivity contribution in [2.75, 3.05) is 13.1 Å². The molecule has 0 spiro atoms. The first-order valence-corrected chi connectivity index (χ1v) is 17.5. The molecule has 4 heterocycles. The van der Waals surface area contributed by atoms with E-state index in [-0.39, 0.29) is 30.8 Å². The molecule has 1 aliphatic carbocycles. The van der Waals surface area contributed by atoms with Gasteiger partial charge in [0.05, 0.1) is 39.6 Å². The molecule has 2 aromatic heterocycles. The minimum absolute atomic E-state index is 0.105. The number of fused-ring (bicyclic) bond motifs is 1. The van der Waals surface area contributed by atoms with E-state index in [1.54, 1.807) is 16.2 Å². The molecule has 4 aromatic rings. The Morgan fingerprint density at radius 1 is 1.11 bits per heavy atom. The van der Waals surface area contributed by atoms with E-state index in [1.165, 1.54) is 5.56 Å². The van der Waals surface area contributed by atoms with Crippen molar-refractivity contribution in [2.45, 2.75) is 90.2 Å². The highest BCUT2D eigenvalue weighted by atomic mass is 32.1. The Morgan fingerprint density at radius 2 is 1.85 bits per heavy atom. The third-order valence-electron chi connectivity index (χ3n) is 9.90. The highest BCUT2D eigenvalue weighted by molar-refractivity contribution is 7.13. The second kappa shape index (κ2) is 12.6. The lowest BCUT2D eigenvalue weighted by atomic mass is 9.83. The highest BCUT2D eigenvalue weighted by Gasteiger charge is 2.50. The number of aliphatic hydroxyl groups excluding tert-OH is 1. The van der Waals surface area contributed by atoms with Gasteiger partial charge in [-0.3, -0.25) is 14.5 Å². The fourth-order valence-electron chi connectivity index (χ4n) is 7.37. The van der Waals surface area contributed by atoms with Gasteiger partial charge in [-0.1, -0.05) is 73.7 Å². The molecule has 2 aliphatic heterocycles. The second-order valence-corrected chi connectivity index (χ2v) is 15.0. The number of rotatable bonds is 8. The standard InChI is InChI=1S/C36H43N7O3S/c1-22(25-10-14-27(15-11-25)32-23(2)37-21-47-32)38-34(45)29-16-28(44)18-42(29)35(46)33-36(3,4)20-41(17-24-8-6-5-7-9-24)19-30-31(26-12-13-26)39-40-43(30)33/h5-11,14-15,21-22,26,28-29,33,44H,12-13,16-20H2,1-4H3,(H,38,45)/t22-,28+,29-,33+/m0/s1. The van der Waals surface area contributed by atoms with Crippen LogP contribution in [0.25, 0.3) is 10.4 Å². The van der Waals surface area contributed by atoms with Gasteiger partial charge in [0, 0.05) is 43.9 Å². The fraction of sp³-hybridized carbons (Fsp3) is 0.472. The number of nitrogens with zero attached hydrogens (tertiary/aromatic N) is 6. The molecule has 47 heavy (non-hydrogen) atoms. The number of thiazole rings is 1. The van der Waals surface area contributed by atoms with Gasteiger partial charge >= 0.3 is 0 Å². The number of nitrogens with one attached hydrogen (secondary N) is 1. The fourth-order valence-corrected chi connectivity index (χ4v) is 8.18. The molecule has 2 fully saturated rings. The van der Waals surface area contributed by atoms with Crippen molar-refractivity contribution < 1.29 is 14.7 Å². The van der Waals surface area contributed by atoms with Gasteiger partial charge in [0.2, 0.25) is 11.8 Å². The number of hydrogen-bond donors (Lipinski definition) is 2. The van der Waals surface area contributed by atoms with Crippen LogP contribution in [0.2, 0.25) is 0 Å². The Kier molecular flexibility index (Phi) is 8.48. The maximum absolute atomic E-state index is 14.7. The molecule has 0 radical (unpaired) electrons. The van der Waals surface area contributed by atoms with Crippen LogP contribution in [0.5, 0.6) is 0 Å². The summed E-state index contributed by atoms with van der Waals surface area (Å²) in [6.07, 6.45) is 1.57. The number of carbonyl (C=O) groups excluding carboxylic acids is 2. The molecule has 0 bridgehead atoms. The van der Waals surface area contributed by atoms with Crippen LogP contribution in [-0.4, -0.2) is 71.9 Å². The summed E-state index contributed by atoms with van der Waals surface area (Å²) in [7, 11) is 0. The number of likely N-dealkylation sites (tertiary alicyclic amines) is 1. The molecule has 2 N–H and O–H groups in total. The van der Waals surface area contributed by atoms with Crippen LogP contribution in [-0.2, 0) is 22.7 Å². The van der Waals surface area contributed by atoms with Crippen molar-refractivity contribution in [1.82, 2.24) is 35.1 Å². The lowest BCUT2D eigenvalue weighted by Crippen LogP contribution is -2.52. The zero-order chi connectivity index (χ0) is 32.9. The molecule has 7 rings (SSSR count). The maximum Gasteiger partial charge on any atom is 0.248 e. The molecular weight excluding hydrogens is 611 g/mol. The van der Waals surface area contributed by atoms with E-state index in [1.807, 2.05) is 42.2 Å². The zero-order valence-corrected chi connectivity index (χ0v) is 28.3. The summed E-state index contributed by atoms with van der Waals surface area (Å²) in [5.41, 5.74) is 7.54. The van der Waals surface area contributed by atoms with E-state index in [2.05, 4.69) is 75.8 Å². The Hall–Kier alpha value is -3.93. The van der Waals surface area contributed by atoms with Crippen LogP contribution in [0.1, 0.15) is 86.2 Å². The predicted octanol–water partition coefficient (Wildman–Crippen LogP) is 5.01. The average molecular weight is 654 g/mol. The first-order chi connectivity index (χ1) is 22.6. The van der Waals surface area contributed by atoms with Crippen molar-refractivity contribution in [1.29, 1.82) is 0 Å². The Bertz CT molecular complexity index is 1750. The van der Waals surface area contributed by atoms with E-state index >= 15 is 0 Å². The van der Waals surface area contributed by atoms with Gasteiger partial charge in [0.1, 0.15) is 12.1 Å². The van der Waals surface area contributed by atoms with Crippen molar-refractivity contribution in [3.05, 3.63) is 88.3 Å². The highest BCUT2D eigenvalue weighted by Crippen LogP contribution is 2.45. The van der Waals surface area contributed by atoms with E-state index in [4.69, 9.17) is 0 Å². The number of aromatic nitrogens is 4. The maximum atomic E-state index is 14.7. The summed E-state index contributed by atoms with van der Waals surface area (Å²) in [5.74, 6) is -0.0823. The smallest absolute Gasteiger partial charge is 0.248 e. The molecular formula is C36H43N7O3S. The molecule has 4 atom stereocenters. The Balaban J connectivity index is 1.12. The summed E-state index contributed by atoms with van der Waals surface area (Å²) in [6.45, 7) is 10.3. The van der Waals surface area contributed by atoms with Crippen LogP contribution in [0, 0.1) is 12.3 Å². The van der Waals surface area contributed by atoms with Gasteiger partial charge in [-0.15, -0.1) is 16.4 Å². The first-order valence-electron chi connectivity index (χ1n) is 16.6. The SMILES string of the molecule is Cc1ncsc1-c1ccc([C@H](C)NC(=O)[C@@H]2C[C@@H](O)CN2C(=O)[C@H]2n3nnc(C4CC4)c3CN(Cc3ccccc3)CC2(C)C)cc1. The van der Waals surface area contributed by atoms with Crippen molar-refractivity contribution in [3.63, 3.8) is 0 Å². The number of amides is 2. The largest absolute Gasteiger partial charge is 0.391 e. The number of benzene rings is 2. The minimum Gasteiger partial charge on any atom is -0.391 e. The van der Waals surface area contributed by atoms with Crippen LogP contribution in [0.4, 0.5) is 0 Å². The summed E-state index contributed by atoms with van der Waals surface area (Å²) < 4.78 is 1.84. The van der Waals surface area contributed by atoms with E-state index in [0.29, 0.717) is 19.0 Å². The first kappa shape index (κ1) is 31.7. The minimum atomic E-state index is -0.785. The Morgan fingerprint density at radius 3 is 2.53 bits per heavy atom. The van der Waals surface area contributed by atoms with Gasteiger partial charge in [-0.2, -0.15) is 0 Å². The van der Waals surface area contributed by atoms with Gasteiger partial charge in [-0.25, -0.2) is 9.67 Å². The van der Waals surface area contributed by atoms with Crippen molar-refractivity contribution >= 4 is 23.2 Å². The number of β-amino-alcohol motifs (C(OH)–C–C–N with tert-alkyl or cyclic N) is 1. The quantitative estimate of drug-likeness (QED) is 0.275. The summed E-state index contributed by atoms with van der Waals surface area (Å²) in [5, 5.41) is 23.2. The van der Waals surface area contributed by atoms with Gasteiger partial charge in [0.15, 0.2) is 0 Å². The molecule has 246 valence electrons. The molecule has 11 heteroatoms. The molecule has 10 nitrogen and oxygen atoms in total. The molecule has 0 unspecified atom stereocenters.